The first kappa shape index (κ1) is 23.2. The van der Waals surface area contributed by atoms with E-state index in [0.717, 1.165) is 28.8 Å². The number of nitrogens with zero attached hydrogens (tertiary/aromatic N) is 3. The van der Waals surface area contributed by atoms with Crippen LogP contribution >= 0.6 is 35.3 Å². The zero-order valence-electron chi connectivity index (χ0n) is 17.5. The maximum Gasteiger partial charge on any atom is 0.266 e. The summed E-state index contributed by atoms with van der Waals surface area (Å²) in [6.07, 6.45) is 2.51. The molecule has 11 heteroatoms. The molecule has 8 nitrogen and oxygen atoms in total. The van der Waals surface area contributed by atoms with Crippen LogP contribution in [0.3, 0.4) is 0 Å². The van der Waals surface area contributed by atoms with Gasteiger partial charge in [0, 0.05) is 6.42 Å². The lowest BCUT2D eigenvalue weighted by Crippen LogP contribution is -2.36. The van der Waals surface area contributed by atoms with E-state index in [0.29, 0.717) is 31.8 Å². The lowest BCUT2D eigenvalue weighted by molar-refractivity contribution is -0.126. The number of rotatable bonds is 8. The smallest absolute Gasteiger partial charge is 0.266 e. The number of thiocarbonyl (C=S) groups is 1. The molecule has 2 aromatic rings. The van der Waals surface area contributed by atoms with Gasteiger partial charge in [-0.15, -0.1) is 10.2 Å². The van der Waals surface area contributed by atoms with Crippen molar-refractivity contribution in [2.24, 2.45) is 5.92 Å². The van der Waals surface area contributed by atoms with Gasteiger partial charge in [-0.3, -0.25) is 19.8 Å². The van der Waals surface area contributed by atoms with Gasteiger partial charge in [0.15, 0.2) is 11.5 Å². The molecule has 1 fully saturated rings. The molecule has 1 aliphatic rings. The van der Waals surface area contributed by atoms with Crippen molar-refractivity contribution in [3.8, 4) is 11.5 Å². The average Bonchev–Trinajstić information content (AvgIpc) is 3.26. The van der Waals surface area contributed by atoms with Gasteiger partial charge in [-0.2, -0.15) is 0 Å². The molecular weight excluding hydrogens is 456 g/mol. The number of ether oxygens (including phenoxy) is 2. The molecule has 0 saturated carbocycles. The fraction of sp³-hybridized carbons (Fsp3) is 0.350. The van der Waals surface area contributed by atoms with Gasteiger partial charge in [0.05, 0.1) is 19.1 Å². The Hall–Kier alpha value is -2.50. The first-order chi connectivity index (χ1) is 14.8. The SMILES string of the molecule is COc1ccc(C=C2SC(=S)N(CC(=O)Nc3nnc(CC(C)C)s3)C2=O)cc1OC. The number of anilines is 1. The highest BCUT2D eigenvalue weighted by Crippen LogP contribution is 2.34. The fourth-order valence-corrected chi connectivity index (χ4v) is 4.99. The minimum atomic E-state index is -0.379. The minimum Gasteiger partial charge on any atom is -0.493 e. The minimum absolute atomic E-state index is 0.187. The van der Waals surface area contributed by atoms with Crippen molar-refractivity contribution >= 4 is 62.7 Å². The van der Waals surface area contributed by atoms with Gasteiger partial charge < -0.3 is 9.47 Å². The second-order valence-corrected chi connectivity index (χ2v) is 9.77. The summed E-state index contributed by atoms with van der Waals surface area (Å²) in [6.45, 7) is 3.99. The van der Waals surface area contributed by atoms with Crippen LogP contribution in [0.1, 0.15) is 24.4 Å². The number of amides is 2. The maximum atomic E-state index is 12.8. The fourth-order valence-electron chi connectivity index (χ4n) is 2.77. The van der Waals surface area contributed by atoms with Gasteiger partial charge in [-0.25, -0.2) is 0 Å². The van der Waals surface area contributed by atoms with Crippen LogP contribution in [0.5, 0.6) is 11.5 Å². The van der Waals surface area contributed by atoms with Gasteiger partial charge in [0.1, 0.15) is 15.9 Å². The number of nitrogens with one attached hydrogen (secondary N) is 1. The quantitative estimate of drug-likeness (QED) is 0.454. The summed E-state index contributed by atoms with van der Waals surface area (Å²) in [5, 5.41) is 12.0. The van der Waals surface area contributed by atoms with Gasteiger partial charge in [0.25, 0.3) is 5.91 Å². The summed E-state index contributed by atoms with van der Waals surface area (Å²) in [4.78, 5) is 26.9. The number of aromatic nitrogens is 2. The zero-order chi connectivity index (χ0) is 22.5. The van der Waals surface area contributed by atoms with E-state index >= 15 is 0 Å². The number of benzene rings is 1. The van der Waals surface area contributed by atoms with E-state index in [1.54, 1.807) is 32.4 Å². The van der Waals surface area contributed by atoms with Crippen LogP contribution in [0.4, 0.5) is 5.13 Å². The molecule has 0 aliphatic carbocycles. The topological polar surface area (TPSA) is 93.6 Å². The molecule has 1 aromatic heterocycles. The molecule has 1 N–H and O–H groups in total. The highest BCUT2D eigenvalue weighted by Gasteiger charge is 2.33. The van der Waals surface area contributed by atoms with E-state index < -0.39 is 0 Å². The van der Waals surface area contributed by atoms with Crippen molar-refractivity contribution in [1.82, 2.24) is 15.1 Å². The second-order valence-electron chi connectivity index (χ2n) is 7.03. The Morgan fingerprint density at radius 3 is 2.68 bits per heavy atom. The molecule has 0 bridgehead atoms. The van der Waals surface area contributed by atoms with Gasteiger partial charge in [-0.05, 0) is 29.7 Å². The van der Waals surface area contributed by atoms with Crippen LogP contribution in [-0.4, -0.2) is 52.0 Å². The molecule has 2 amide bonds. The lowest BCUT2D eigenvalue weighted by atomic mass is 10.1. The Morgan fingerprint density at radius 1 is 1.26 bits per heavy atom. The number of hydrogen-bond acceptors (Lipinski definition) is 9. The third-order valence-corrected chi connectivity index (χ3v) is 6.42. The second kappa shape index (κ2) is 10.2. The van der Waals surface area contributed by atoms with Crippen molar-refractivity contribution in [2.45, 2.75) is 20.3 Å². The summed E-state index contributed by atoms with van der Waals surface area (Å²) in [5.41, 5.74) is 0.758. The van der Waals surface area contributed by atoms with E-state index in [-0.39, 0.29) is 18.4 Å². The Balaban J connectivity index is 1.66. The van der Waals surface area contributed by atoms with Gasteiger partial charge >= 0.3 is 0 Å². The first-order valence-corrected chi connectivity index (χ1v) is 11.4. The van der Waals surface area contributed by atoms with Crippen molar-refractivity contribution < 1.29 is 19.1 Å². The molecule has 1 saturated heterocycles. The van der Waals surface area contributed by atoms with Crippen molar-refractivity contribution in [1.29, 1.82) is 0 Å². The molecule has 0 unspecified atom stereocenters. The molecule has 0 atom stereocenters. The number of hydrogen-bond donors (Lipinski definition) is 1. The summed E-state index contributed by atoms with van der Waals surface area (Å²) >= 11 is 7.79. The van der Waals surface area contributed by atoms with Crippen LogP contribution in [0.15, 0.2) is 23.1 Å². The zero-order valence-corrected chi connectivity index (χ0v) is 19.9. The highest BCUT2D eigenvalue weighted by atomic mass is 32.2. The third-order valence-electron chi connectivity index (χ3n) is 4.18. The molecule has 164 valence electrons. The Kier molecular flexibility index (Phi) is 7.63. The summed E-state index contributed by atoms with van der Waals surface area (Å²) in [6, 6.07) is 5.33. The summed E-state index contributed by atoms with van der Waals surface area (Å²) in [5.74, 6) is 0.898. The van der Waals surface area contributed by atoms with Crippen LogP contribution in [-0.2, 0) is 16.0 Å². The molecule has 31 heavy (non-hydrogen) atoms. The van der Waals surface area contributed by atoms with Crippen molar-refractivity contribution in [3.05, 3.63) is 33.7 Å². The summed E-state index contributed by atoms with van der Waals surface area (Å²) in [7, 11) is 3.10. The highest BCUT2D eigenvalue weighted by molar-refractivity contribution is 8.26. The van der Waals surface area contributed by atoms with Gasteiger partial charge in [-0.1, -0.05) is 55.2 Å². The van der Waals surface area contributed by atoms with E-state index in [1.165, 1.54) is 16.2 Å². The van der Waals surface area contributed by atoms with Crippen LogP contribution in [0.2, 0.25) is 0 Å². The van der Waals surface area contributed by atoms with E-state index in [9.17, 15) is 9.59 Å². The number of carbonyl (C=O) groups excluding carboxylic acids is 2. The Bertz CT molecular complexity index is 1040. The molecule has 2 heterocycles. The molecular formula is C20H22N4O4S3. The molecule has 0 radical (unpaired) electrons. The maximum absolute atomic E-state index is 12.8. The van der Waals surface area contributed by atoms with Gasteiger partial charge in [0.2, 0.25) is 11.0 Å². The van der Waals surface area contributed by atoms with E-state index in [2.05, 4.69) is 29.4 Å². The molecule has 3 rings (SSSR count). The largest absolute Gasteiger partial charge is 0.493 e. The molecule has 0 spiro atoms. The molecule has 1 aromatic carbocycles. The Labute approximate surface area is 194 Å². The predicted octanol–water partition coefficient (Wildman–Crippen LogP) is 3.59. The van der Waals surface area contributed by atoms with Crippen molar-refractivity contribution in [3.63, 3.8) is 0 Å². The number of methoxy groups -OCH3 is 2. The van der Waals surface area contributed by atoms with Crippen molar-refractivity contribution in [2.75, 3.05) is 26.1 Å². The van der Waals surface area contributed by atoms with E-state index in [1.807, 2.05) is 6.07 Å². The average molecular weight is 479 g/mol. The number of carbonyl (C=O) groups is 2. The lowest BCUT2D eigenvalue weighted by Gasteiger charge is -2.13. The first-order valence-electron chi connectivity index (χ1n) is 9.40. The number of thioether (sulfide) groups is 1. The van der Waals surface area contributed by atoms with Crippen LogP contribution < -0.4 is 14.8 Å². The Morgan fingerprint density at radius 2 is 2.00 bits per heavy atom. The summed E-state index contributed by atoms with van der Waals surface area (Å²) < 4.78 is 10.9. The third kappa shape index (κ3) is 5.81. The standard InChI is InChI=1S/C20H22N4O4S3/c1-11(2)7-17-22-23-19(31-17)21-16(25)10-24-18(26)15(30-20(24)29)9-12-5-6-13(27-3)14(8-12)28-4/h5-6,8-9,11H,7,10H2,1-4H3,(H,21,23,25). The van der Waals surface area contributed by atoms with Crippen LogP contribution in [0, 0.1) is 5.92 Å². The van der Waals surface area contributed by atoms with Crippen LogP contribution in [0.25, 0.3) is 6.08 Å². The molecule has 1 aliphatic heterocycles. The monoisotopic (exact) mass is 478 g/mol. The van der Waals surface area contributed by atoms with E-state index in [4.69, 9.17) is 21.7 Å². The predicted molar refractivity (Wildman–Crippen MR) is 127 cm³/mol. The normalized spacial score (nSPS) is 15.1.